The fourth-order valence-electron chi connectivity index (χ4n) is 3.83. The third kappa shape index (κ3) is 3.16. The number of benzene rings is 1. The first-order valence-electron chi connectivity index (χ1n) is 8.11. The lowest BCUT2D eigenvalue weighted by atomic mass is 9.91. The topological polar surface area (TPSA) is 41.1 Å². The van der Waals surface area contributed by atoms with Crippen LogP contribution in [-0.4, -0.2) is 19.0 Å². The molecular weight excluding hydrogens is 296 g/mol. The highest BCUT2D eigenvalue weighted by molar-refractivity contribution is 5.85. The van der Waals surface area contributed by atoms with Gasteiger partial charge in [-0.3, -0.25) is 4.79 Å². The van der Waals surface area contributed by atoms with E-state index >= 15 is 0 Å². The third-order valence-electron chi connectivity index (χ3n) is 5.58. The Morgan fingerprint density at radius 2 is 2.00 bits per heavy atom. The van der Waals surface area contributed by atoms with Gasteiger partial charge in [0.2, 0.25) is 5.91 Å². The number of hydrogen-bond donors (Lipinski definition) is 2. The Bertz CT molecular complexity index is 552. The average molecular weight is 323 g/mol. The van der Waals surface area contributed by atoms with Gasteiger partial charge in [0, 0.05) is 5.92 Å². The second kappa shape index (κ2) is 6.59. The second-order valence-electron chi connectivity index (χ2n) is 6.89. The molecule has 1 saturated carbocycles. The number of rotatable bonds is 3. The summed E-state index contributed by atoms with van der Waals surface area (Å²) in [6.45, 7) is 8.49. The van der Waals surface area contributed by atoms with Crippen LogP contribution in [0.4, 0.5) is 0 Å². The zero-order valence-corrected chi connectivity index (χ0v) is 14.6. The first kappa shape index (κ1) is 17.3. The number of carbonyl (C=O) groups excluding carboxylic acids is 1. The lowest BCUT2D eigenvalue weighted by molar-refractivity contribution is -0.123. The van der Waals surface area contributed by atoms with Gasteiger partial charge in [-0.25, -0.2) is 0 Å². The van der Waals surface area contributed by atoms with E-state index in [-0.39, 0.29) is 30.3 Å². The molecule has 1 aliphatic carbocycles. The van der Waals surface area contributed by atoms with Crippen LogP contribution in [0.15, 0.2) is 18.2 Å². The molecule has 0 bridgehead atoms. The zero-order valence-electron chi connectivity index (χ0n) is 13.7. The molecule has 2 fully saturated rings. The van der Waals surface area contributed by atoms with Crippen molar-refractivity contribution in [2.75, 3.05) is 13.1 Å². The summed E-state index contributed by atoms with van der Waals surface area (Å²) < 4.78 is 0. The standard InChI is InChI=1S/C18H26N2O.ClH/c1-12-5-4-6-15(13(12)2)14(3)20-17(21)16-11-18(16)7-9-19-10-8-18;/h4-6,14,16,19H,7-11H2,1-3H3,(H,20,21);1H. The molecule has 4 heteroatoms. The zero-order chi connectivity index (χ0) is 15.0. The van der Waals surface area contributed by atoms with Gasteiger partial charge in [0.25, 0.3) is 0 Å². The highest BCUT2D eigenvalue weighted by Crippen LogP contribution is 2.58. The second-order valence-corrected chi connectivity index (χ2v) is 6.89. The van der Waals surface area contributed by atoms with E-state index in [1.807, 2.05) is 0 Å². The van der Waals surface area contributed by atoms with Crippen molar-refractivity contribution in [1.29, 1.82) is 0 Å². The Hall–Kier alpha value is -1.06. The molecular formula is C18H27ClN2O. The minimum atomic E-state index is 0. The maximum Gasteiger partial charge on any atom is 0.224 e. The van der Waals surface area contributed by atoms with Crippen molar-refractivity contribution in [3.63, 3.8) is 0 Å². The quantitative estimate of drug-likeness (QED) is 0.896. The molecule has 1 saturated heterocycles. The number of piperidine rings is 1. The summed E-state index contributed by atoms with van der Waals surface area (Å²) >= 11 is 0. The summed E-state index contributed by atoms with van der Waals surface area (Å²) in [5.41, 5.74) is 4.13. The minimum absolute atomic E-state index is 0. The SMILES string of the molecule is Cc1cccc(C(C)NC(=O)C2CC23CCNCC3)c1C.Cl. The first-order valence-corrected chi connectivity index (χ1v) is 8.11. The Morgan fingerprint density at radius 1 is 1.32 bits per heavy atom. The monoisotopic (exact) mass is 322 g/mol. The Balaban J connectivity index is 0.00000176. The van der Waals surface area contributed by atoms with Crippen molar-refractivity contribution in [3.8, 4) is 0 Å². The van der Waals surface area contributed by atoms with Crippen LogP contribution in [0, 0.1) is 25.2 Å². The molecule has 0 aromatic heterocycles. The molecule has 2 atom stereocenters. The van der Waals surface area contributed by atoms with E-state index in [2.05, 4.69) is 49.6 Å². The molecule has 2 aliphatic rings. The molecule has 1 aliphatic heterocycles. The van der Waals surface area contributed by atoms with Crippen LogP contribution in [0.2, 0.25) is 0 Å². The number of nitrogens with one attached hydrogen (secondary N) is 2. The molecule has 2 N–H and O–H groups in total. The van der Waals surface area contributed by atoms with Gasteiger partial charge in [0.05, 0.1) is 6.04 Å². The highest BCUT2D eigenvalue weighted by Gasteiger charge is 2.57. The number of carbonyl (C=O) groups is 1. The van der Waals surface area contributed by atoms with Gasteiger partial charge in [-0.05, 0) is 75.2 Å². The van der Waals surface area contributed by atoms with Gasteiger partial charge < -0.3 is 10.6 Å². The summed E-state index contributed by atoms with van der Waals surface area (Å²) in [7, 11) is 0. The van der Waals surface area contributed by atoms with Crippen molar-refractivity contribution in [2.24, 2.45) is 11.3 Å². The summed E-state index contributed by atoms with van der Waals surface area (Å²) in [6, 6.07) is 6.42. The van der Waals surface area contributed by atoms with Crippen molar-refractivity contribution < 1.29 is 4.79 Å². The van der Waals surface area contributed by atoms with Crippen LogP contribution in [0.1, 0.15) is 48.9 Å². The van der Waals surface area contributed by atoms with Crippen molar-refractivity contribution in [3.05, 3.63) is 34.9 Å². The molecule has 2 unspecified atom stereocenters. The van der Waals surface area contributed by atoms with Crippen molar-refractivity contribution in [2.45, 2.75) is 46.1 Å². The van der Waals surface area contributed by atoms with Gasteiger partial charge in [0.1, 0.15) is 0 Å². The number of amides is 1. The maximum atomic E-state index is 12.5. The van der Waals surface area contributed by atoms with E-state index < -0.39 is 0 Å². The van der Waals surface area contributed by atoms with E-state index in [1.165, 1.54) is 16.7 Å². The highest BCUT2D eigenvalue weighted by atomic mass is 35.5. The lowest BCUT2D eigenvalue weighted by Crippen LogP contribution is -2.34. The molecule has 122 valence electrons. The lowest BCUT2D eigenvalue weighted by Gasteiger charge is -2.24. The first-order chi connectivity index (χ1) is 10.0. The largest absolute Gasteiger partial charge is 0.349 e. The molecule has 1 amide bonds. The van der Waals surface area contributed by atoms with Gasteiger partial charge in [-0.1, -0.05) is 18.2 Å². The Morgan fingerprint density at radius 3 is 2.68 bits per heavy atom. The molecule has 22 heavy (non-hydrogen) atoms. The predicted octanol–water partition coefficient (Wildman–Crippen LogP) is 3.29. The summed E-state index contributed by atoms with van der Waals surface area (Å²) in [5.74, 6) is 0.498. The van der Waals surface area contributed by atoms with Crippen LogP contribution in [0.25, 0.3) is 0 Å². The van der Waals surface area contributed by atoms with Crippen LogP contribution >= 0.6 is 12.4 Å². The van der Waals surface area contributed by atoms with Crippen molar-refractivity contribution in [1.82, 2.24) is 10.6 Å². The van der Waals surface area contributed by atoms with Gasteiger partial charge in [-0.15, -0.1) is 12.4 Å². The van der Waals surface area contributed by atoms with Gasteiger partial charge >= 0.3 is 0 Å². The van der Waals surface area contributed by atoms with Crippen LogP contribution < -0.4 is 10.6 Å². The number of halogens is 1. The molecule has 3 rings (SSSR count). The fraction of sp³-hybridized carbons (Fsp3) is 0.611. The number of aryl methyl sites for hydroxylation is 1. The minimum Gasteiger partial charge on any atom is -0.349 e. The smallest absolute Gasteiger partial charge is 0.224 e. The average Bonchev–Trinajstić information content (AvgIpc) is 3.16. The van der Waals surface area contributed by atoms with E-state index in [0.717, 1.165) is 32.4 Å². The normalized spacial score (nSPS) is 23.5. The van der Waals surface area contributed by atoms with E-state index in [1.54, 1.807) is 0 Å². The molecule has 0 radical (unpaired) electrons. The van der Waals surface area contributed by atoms with E-state index in [9.17, 15) is 4.79 Å². The van der Waals surface area contributed by atoms with Gasteiger partial charge in [0.15, 0.2) is 0 Å². The maximum absolute atomic E-state index is 12.5. The fourth-order valence-corrected chi connectivity index (χ4v) is 3.83. The van der Waals surface area contributed by atoms with Crippen molar-refractivity contribution >= 4 is 18.3 Å². The number of hydrogen-bond acceptors (Lipinski definition) is 2. The predicted molar refractivity (Wildman–Crippen MR) is 92.4 cm³/mol. The van der Waals surface area contributed by atoms with E-state index in [4.69, 9.17) is 0 Å². The van der Waals surface area contributed by atoms with E-state index in [0.29, 0.717) is 5.41 Å². The summed E-state index contributed by atoms with van der Waals surface area (Å²) in [4.78, 5) is 12.5. The Labute approximate surface area is 139 Å². The van der Waals surface area contributed by atoms with Gasteiger partial charge in [-0.2, -0.15) is 0 Å². The molecule has 1 spiro atoms. The van der Waals surface area contributed by atoms with Crippen LogP contribution in [0.5, 0.6) is 0 Å². The van der Waals surface area contributed by atoms with Crippen LogP contribution in [0.3, 0.4) is 0 Å². The van der Waals surface area contributed by atoms with Crippen LogP contribution in [-0.2, 0) is 4.79 Å². The summed E-state index contributed by atoms with van der Waals surface area (Å²) in [6.07, 6.45) is 3.39. The Kier molecular flexibility index (Phi) is 5.18. The molecule has 3 nitrogen and oxygen atoms in total. The molecule has 1 aromatic carbocycles. The molecule has 1 aromatic rings. The third-order valence-corrected chi connectivity index (χ3v) is 5.58. The molecule has 1 heterocycles. The summed E-state index contributed by atoms with van der Waals surface area (Å²) in [5, 5.41) is 6.63.